The largest absolute Gasteiger partial charge is 0.480 e. The summed E-state index contributed by atoms with van der Waals surface area (Å²) < 4.78 is 0. The van der Waals surface area contributed by atoms with Crippen LogP contribution in [0.1, 0.15) is 17.1 Å². The van der Waals surface area contributed by atoms with Gasteiger partial charge in [-0.15, -0.1) is 0 Å². The summed E-state index contributed by atoms with van der Waals surface area (Å²) in [4.78, 5) is 32.8. The van der Waals surface area contributed by atoms with Gasteiger partial charge in [-0.1, -0.05) is 18.2 Å². The number of nitrogens with one attached hydrogen (secondary N) is 2. The van der Waals surface area contributed by atoms with Crippen LogP contribution in [0.15, 0.2) is 30.6 Å². The highest BCUT2D eigenvalue weighted by atomic mass is 16.4. The van der Waals surface area contributed by atoms with Crippen LogP contribution in [0.4, 0.5) is 0 Å². The number of hydrogen-bond donors (Lipinski definition) is 3. The molecule has 0 aliphatic carbocycles. The molecule has 1 amide bonds. The quantitative estimate of drug-likeness (QED) is 0.661. The van der Waals surface area contributed by atoms with Gasteiger partial charge in [-0.2, -0.15) is 5.10 Å². The number of hydrogen-bond acceptors (Lipinski definition) is 4. The van der Waals surface area contributed by atoms with Gasteiger partial charge in [0, 0.05) is 11.8 Å². The van der Waals surface area contributed by atoms with E-state index in [0.717, 1.165) is 16.6 Å². The average Bonchev–Trinajstić information content (AvgIpc) is 3.20. The standard InChI is InChI=1S/C16H15N5O3/c22-15(6-11-9-3-1-2-4-10(9)19-20-11)21-7-13-12(17-8-18-13)5-14(21)16(23)24/h1-4,8,14H,5-7H2,(H,17,18)(H,19,20)(H,23,24). The molecule has 1 aliphatic heterocycles. The third-order valence-electron chi connectivity index (χ3n) is 4.37. The van der Waals surface area contributed by atoms with Gasteiger partial charge in [-0.25, -0.2) is 9.78 Å². The first-order valence-corrected chi connectivity index (χ1v) is 7.59. The van der Waals surface area contributed by atoms with Crippen LogP contribution in [0.5, 0.6) is 0 Å². The van der Waals surface area contributed by atoms with Crippen LogP contribution in [0.2, 0.25) is 0 Å². The van der Waals surface area contributed by atoms with Crippen LogP contribution in [0, 0.1) is 0 Å². The normalized spacial score (nSPS) is 17.0. The third-order valence-corrected chi connectivity index (χ3v) is 4.37. The van der Waals surface area contributed by atoms with E-state index in [4.69, 9.17) is 0 Å². The van der Waals surface area contributed by atoms with Gasteiger partial charge in [0.2, 0.25) is 5.91 Å². The van der Waals surface area contributed by atoms with Crippen molar-refractivity contribution in [2.45, 2.75) is 25.4 Å². The molecule has 0 radical (unpaired) electrons. The molecule has 3 N–H and O–H groups in total. The molecule has 0 fully saturated rings. The van der Waals surface area contributed by atoms with Crippen molar-refractivity contribution in [1.82, 2.24) is 25.1 Å². The Hall–Kier alpha value is -3.16. The summed E-state index contributed by atoms with van der Waals surface area (Å²) >= 11 is 0. The predicted octanol–water partition coefficient (Wildman–Crippen LogP) is 0.867. The van der Waals surface area contributed by atoms with Crippen molar-refractivity contribution in [3.8, 4) is 0 Å². The van der Waals surface area contributed by atoms with Gasteiger partial charge in [0.1, 0.15) is 6.04 Å². The Morgan fingerprint density at radius 3 is 3.00 bits per heavy atom. The van der Waals surface area contributed by atoms with Crippen molar-refractivity contribution in [2.75, 3.05) is 0 Å². The number of para-hydroxylation sites is 1. The van der Waals surface area contributed by atoms with Crippen LogP contribution in [-0.4, -0.2) is 48.1 Å². The van der Waals surface area contributed by atoms with Crippen LogP contribution < -0.4 is 0 Å². The van der Waals surface area contributed by atoms with Crippen LogP contribution >= 0.6 is 0 Å². The summed E-state index contributed by atoms with van der Waals surface area (Å²) in [5.41, 5.74) is 2.97. The van der Waals surface area contributed by atoms with Gasteiger partial charge in [-0.05, 0) is 6.07 Å². The van der Waals surface area contributed by atoms with Crippen molar-refractivity contribution in [3.63, 3.8) is 0 Å². The fourth-order valence-electron chi connectivity index (χ4n) is 3.12. The molecular formula is C16H15N5O3. The Morgan fingerprint density at radius 1 is 1.33 bits per heavy atom. The monoisotopic (exact) mass is 325 g/mol. The highest BCUT2D eigenvalue weighted by molar-refractivity contribution is 5.89. The summed E-state index contributed by atoms with van der Waals surface area (Å²) in [6, 6.07) is 6.60. The Bertz CT molecular complexity index is 929. The maximum absolute atomic E-state index is 12.7. The molecule has 0 saturated heterocycles. The molecule has 1 unspecified atom stereocenters. The second-order valence-corrected chi connectivity index (χ2v) is 5.80. The smallest absolute Gasteiger partial charge is 0.326 e. The van der Waals surface area contributed by atoms with Crippen molar-refractivity contribution >= 4 is 22.8 Å². The molecule has 0 saturated carbocycles. The number of fused-ring (bicyclic) bond motifs is 2. The molecule has 0 bridgehead atoms. The van der Waals surface area contributed by atoms with Gasteiger partial charge < -0.3 is 15.0 Å². The number of amides is 1. The number of carboxylic acid groups (broad SMARTS) is 1. The van der Waals surface area contributed by atoms with E-state index in [1.54, 1.807) is 0 Å². The minimum atomic E-state index is -1.02. The Kier molecular flexibility index (Phi) is 3.30. The number of nitrogens with zero attached hydrogens (tertiary/aromatic N) is 3. The van der Waals surface area contributed by atoms with Crippen molar-refractivity contribution < 1.29 is 14.7 Å². The summed E-state index contributed by atoms with van der Waals surface area (Å²) in [7, 11) is 0. The van der Waals surface area contributed by atoms with E-state index in [2.05, 4.69) is 20.2 Å². The average molecular weight is 325 g/mol. The second kappa shape index (κ2) is 5.48. The molecule has 1 aliphatic rings. The first-order valence-electron chi connectivity index (χ1n) is 7.59. The summed E-state index contributed by atoms with van der Waals surface area (Å²) in [6.45, 7) is 0.219. The molecule has 122 valence electrons. The van der Waals surface area contributed by atoms with E-state index in [0.29, 0.717) is 11.4 Å². The van der Waals surface area contributed by atoms with E-state index in [1.165, 1.54) is 11.2 Å². The number of rotatable bonds is 3. The lowest BCUT2D eigenvalue weighted by atomic mass is 10.0. The van der Waals surface area contributed by atoms with Gasteiger partial charge in [0.25, 0.3) is 0 Å². The van der Waals surface area contributed by atoms with Crippen molar-refractivity contribution in [3.05, 3.63) is 47.7 Å². The topological polar surface area (TPSA) is 115 Å². The maximum Gasteiger partial charge on any atom is 0.326 e. The summed E-state index contributed by atoms with van der Waals surface area (Å²) in [5, 5.41) is 17.4. The molecule has 4 rings (SSSR count). The Labute approximate surface area is 136 Å². The highest BCUT2D eigenvalue weighted by Gasteiger charge is 2.36. The van der Waals surface area contributed by atoms with E-state index in [-0.39, 0.29) is 25.3 Å². The number of carbonyl (C=O) groups is 2. The first-order chi connectivity index (χ1) is 11.6. The fraction of sp³-hybridized carbons (Fsp3) is 0.250. The summed E-state index contributed by atoms with van der Waals surface area (Å²) in [6.07, 6.45) is 1.82. The van der Waals surface area contributed by atoms with Crippen molar-refractivity contribution in [1.29, 1.82) is 0 Å². The molecule has 2 aromatic heterocycles. The fourth-order valence-corrected chi connectivity index (χ4v) is 3.12. The molecule has 8 nitrogen and oxygen atoms in total. The molecule has 0 spiro atoms. The lowest BCUT2D eigenvalue weighted by molar-refractivity contribution is -0.151. The van der Waals surface area contributed by atoms with E-state index in [1.807, 2.05) is 24.3 Å². The number of carboxylic acids is 1. The van der Waals surface area contributed by atoms with Crippen LogP contribution in [0.3, 0.4) is 0 Å². The predicted molar refractivity (Wildman–Crippen MR) is 84.1 cm³/mol. The minimum absolute atomic E-state index is 0.0771. The number of carbonyl (C=O) groups excluding carboxylic acids is 1. The van der Waals surface area contributed by atoms with Gasteiger partial charge in [0.05, 0.1) is 41.9 Å². The van der Waals surface area contributed by atoms with E-state index in [9.17, 15) is 14.7 Å². The number of benzene rings is 1. The highest BCUT2D eigenvalue weighted by Crippen LogP contribution is 2.23. The minimum Gasteiger partial charge on any atom is -0.480 e. The third kappa shape index (κ3) is 2.32. The van der Waals surface area contributed by atoms with E-state index >= 15 is 0 Å². The first kappa shape index (κ1) is 14.4. The molecule has 1 aromatic carbocycles. The maximum atomic E-state index is 12.7. The zero-order valence-corrected chi connectivity index (χ0v) is 12.7. The molecular weight excluding hydrogens is 310 g/mol. The molecule has 24 heavy (non-hydrogen) atoms. The zero-order chi connectivity index (χ0) is 16.7. The van der Waals surface area contributed by atoms with E-state index < -0.39 is 12.0 Å². The lowest BCUT2D eigenvalue weighted by Crippen LogP contribution is -2.49. The number of aromatic amines is 2. The van der Waals surface area contributed by atoms with Gasteiger partial charge in [-0.3, -0.25) is 9.89 Å². The molecule has 8 heteroatoms. The van der Waals surface area contributed by atoms with Crippen LogP contribution in [0.25, 0.3) is 10.9 Å². The SMILES string of the molecule is O=C(O)C1Cc2nc[nH]c2CN1C(=O)Cc1[nH]nc2ccccc12. The van der Waals surface area contributed by atoms with Gasteiger partial charge >= 0.3 is 5.97 Å². The van der Waals surface area contributed by atoms with Crippen molar-refractivity contribution in [2.24, 2.45) is 0 Å². The number of H-pyrrole nitrogens is 2. The summed E-state index contributed by atoms with van der Waals surface area (Å²) in [5.74, 6) is -1.27. The molecule has 3 aromatic rings. The molecule has 3 heterocycles. The Morgan fingerprint density at radius 2 is 2.17 bits per heavy atom. The lowest BCUT2D eigenvalue weighted by Gasteiger charge is -2.32. The second-order valence-electron chi connectivity index (χ2n) is 5.80. The zero-order valence-electron chi connectivity index (χ0n) is 12.7. The number of imidazole rings is 1. The Balaban J connectivity index is 1.62. The van der Waals surface area contributed by atoms with Gasteiger partial charge in [0.15, 0.2) is 0 Å². The number of aliphatic carboxylic acids is 1. The van der Waals surface area contributed by atoms with Crippen LogP contribution in [-0.2, 0) is 29.0 Å². The number of aromatic nitrogens is 4. The molecule has 1 atom stereocenters.